The van der Waals surface area contributed by atoms with E-state index in [0.29, 0.717) is 42.8 Å². The summed E-state index contributed by atoms with van der Waals surface area (Å²) in [4.78, 5) is 13.2. The van der Waals surface area contributed by atoms with Gasteiger partial charge in [-0.2, -0.15) is 15.0 Å². The van der Waals surface area contributed by atoms with Gasteiger partial charge in [-0.05, 0) is 37.0 Å². The van der Waals surface area contributed by atoms with E-state index in [1.807, 2.05) is 28.8 Å². The molecule has 30 heavy (non-hydrogen) atoms. The fraction of sp³-hybridized carbons (Fsp3) is 0.476. The van der Waals surface area contributed by atoms with Crippen LogP contribution in [-0.2, 0) is 6.54 Å². The number of aromatic nitrogens is 4. The molecule has 0 aliphatic carbocycles. The molecule has 0 radical (unpaired) electrons. The summed E-state index contributed by atoms with van der Waals surface area (Å²) in [7, 11) is 1.57. The van der Waals surface area contributed by atoms with Crippen molar-refractivity contribution in [2.24, 2.45) is 0 Å². The monoisotopic (exact) mass is 433 g/mol. The third-order valence-corrected chi connectivity index (χ3v) is 4.81. The summed E-state index contributed by atoms with van der Waals surface area (Å²) in [5.41, 5.74) is 8.21. The van der Waals surface area contributed by atoms with Crippen molar-refractivity contribution in [3.05, 3.63) is 29.8 Å². The Bertz CT molecular complexity index is 946. The number of unbranched alkanes of at least 4 members (excludes halogenated alkanes) is 2. The first kappa shape index (κ1) is 22.0. The second-order valence-corrected chi connectivity index (χ2v) is 7.22. The van der Waals surface area contributed by atoms with Gasteiger partial charge < -0.3 is 19.9 Å². The van der Waals surface area contributed by atoms with Crippen LogP contribution >= 0.6 is 11.6 Å². The third-order valence-electron chi connectivity index (χ3n) is 4.54. The predicted octanol–water partition coefficient (Wildman–Crippen LogP) is 4.04. The zero-order chi connectivity index (χ0) is 21.3. The Morgan fingerprint density at radius 1 is 1.00 bits per heavy atom. The number of nitrogen functional groups attached to an aromatic ring is 1. The topological polar surface area (TPSA) is 97.3 Å². The maximum absolute atomic E-state index is 6.09. The van der Waals surface area contributed by atoms with Crippen LogP contribution in [0.2, 0.25) is 0 Å². The molecule has 162 valence electrons. The lowest BCUT2D eigenvalue weighted by molar-refractivity contribution is 0.286. The fourth-order valence-electron chi connectivity index (χ4n) is 2.91. The smallest absolute Gasteiger partial charge is 0.320 e. The molecule has 2 N–H and O–H groups in total. The first-order valence-corrected chi connectivity index (χ1v) is 10.7. The Morgan fingerprint density at radius 2 is 1.77 bits per heavy atom. The lowest BCUT2D eigenvalue weighted by Gasteiger charge is -2.10. The van der Waals surface area contributed by atoms with E-state index >= 15 is 0 Å². The fourth-order valence-corrected chi connectivity index (χ4v) is 3.10. The minimum absolute atomic E-state index is 0.248. The molecule has 2 heterocycles. The number of nitrogens with zero attached hydrogens (tertiary/aromatic N) is 4. The van der Waals surface area contributed by atoms with Gasteiger partial charge in [0.2, 0.25) is 0 Å². The van der Waals surface area contributed by atoms with Gasteiger partial charge in [-0.3, -0.25) is 4.57 Å². The number of hydrogen-bond donors (Lipinski definition) is 1. The van der Waals surface area contributed by atoms with Gasteiger partial charge in [-0.25, -0.2) is 0 Å². The highest BCUT2D eigenvalue weighted by atomic mass is 35.5. The number of imidazole rings is 1. The van der Waals surface area contributed by atoms with E-state index in [2.05, 4.69) is 21.9 Å². The van der Waals surface area contributed by atoms with E-state index in [4.69, 9.17) is 31.5 Å². The van der Waals surface area contributed by atoms with Crippen molar-refractivity contribution >= 4 is 28.6 Å². The van der Waals surface area contributed by atoms with Crippen LogP contribution in [0.1, 0.15) is 38.2 Å². The van der Waals surface area contributed by atoms with Gasteiger partial charge in [-0.1, -0.05) is 25.5 Å². The molecule has 0 aliphatic heterocycles. The first-order chi connectivity index (χ1) is 14.7. The molecule has 0 fully saturated rings. The summed E-state index contributed by atoms with van der Waals surface area (Å²) >= 11 is 5.69. The Balaban J connectivity index is 1.80. The Hall–Kier alpha value is -2.74. The Labute approximate surface area is 181 Å². The summed E-state index contributed by atoms with van der Waals surface area (Å²) < 4.78 is 18.7. The van der Waals surface area contributed by atoms with Gasteiger partial charge in [0, 0.05) is 5.88 Å². The first-order valence-electron chi connectivity index (χ1n) is 10.1. The molecule has 9 heteroatoms. The number of anilines is 1. The molecule has 0 saturated heterocycles. The molecule has 0 bridgehead atoms. The second-order valence-electron chi connectivity index (χ2n) is 6.84. The number of ether oxygens (including phenoxy) is 3. The van der Waals surface area contributed by atoms with Gasteiger partial charge >= 0.3 is 6.01 Å². The molecule has 3 rings (SSSR count). The minimum Gasteiger partial charge on any atom is -0.494 e. The van der Waals surface area contributed by atoms with Crippen molar-refractivity contribution in [1.29, 1.82) is 0 Å². The van der Waals surface area contributed by atoms with Crippen LogP contribution in [0.4, 0.5) is 5.82 Å². The van der Waals surface area contributed by atoms with Gasteiger partial charge in [-0.15, -0.1) is 11.6 Å². The molecule has 0 atom stereocenters. The highest BCUT2D eigenvalue weighted by Gasteiger charge is 2.18. The standard InChI is InChI=1S/C21H28ClN5O3/c1-3-4-12-30-20-25-18(23)17-19(26-20)27(21(24-17)28-2)14-15-7-9-16(10-8-15)29-13-6-5-11-22/h7-10H,3-6,11-14H2,1-2H3,(H2,23,25,26). The number of hydrogen-bond acceptors (Lipinski definition) is 7. The molecule has 8 nitrogen and oxygen atoms in total. The second kappa shape index (κ2) is 10.9. The largest absolute Gasteiger partial charge is 0.494 e. The van der Waals surface area contributed by atoms with Gasteiger partial charge in [0.05, 0.1) is 26.9 Å². The zero-order valence-electron chi connectivity index (χ0n) is 17.4. The molecular weight excluding hydrogens is 406 g/mol. The van der Waals surface area contributed by atoms with Crippen LogP contribution in [0.5, 0.6) is 17.8 Å². The zero-order valence-corrected chi connectivity index (χ0v) is 18.2. The summed E-state index contributed by atoms with van der Waals surface area (Å²) in [6, 6.07) is 8.57. The van der Waals surface area contributed by atoms with E-state index in [0.717, 1.165) is 37.0 Å². The Kier molecular flexibility index (Phi) is 7.96. The third kappa shape index (κ3) is 5.44. The van der Waals surface area contributed by atoms with Gasteiger partial charge in [0.15, 0.2) is 17.0 Å². The summed E-state index contributed by atoms with van der Waals surface area (Å²) in [6.07, 6.45) is 3.83. The molecule has 3 aromatic rings. The number of methoxy groups -OCH3 is 1. The SMILES string of the molecule is CCCCOc1nc(N)c2nc(OC)n(Cc3ccc(OCCCCCl)cc3)c2n1. The van der Waals surface area contributed by atoms with Crippen molar-refractivity contribution in [3.8, 4) is 17.8 Å². The van der Waals surface area contributed by atoms with Crippen LogP contribution in [0.3, 0.4) is 0 Å². The summed E-state index contributed by atoms with van der Waals surface area (Å²) in [5.74, 6) is 1.75. The van der Waals surface area contributed by atoms with Crippen LogP contribution in [0, 0.1) is 0 Å². The maximum Gasteiger partial charge on any atom is 0.320 e. The number of nitrogens with two attached hydrogens (primary N) is 1. The molecule has 1 aromatic carbocycles. The number of rotatable bonds is 12. The van der Waals surface area contributed by atoms with E-state index in [9.17, 15) is 0 Å². The highest BCUT2D eigenvalue weighted by Crippen LogP contribution is 2.26. The number of fused-ring (bicyclic) bond motifs is 1. The van der Waals surface area contributed by atoms with E-state index < -0.39 is 0 Å². The van der Waals surface area contributed by atoms with E-state index in [1.54, 1.807) is 7.11 Å². The van der Waals surface area contributed by atoms with Crippen molar-refractivity contribution in [3.63, 3.8) is 0 Å². The molecule has 0 amide bonds. The van der Waals surface area contributed by atoms with Crippen LogP contribution in [-0.4, -0.2) is 45.7 Å². The lowest BCUT2D eigenvalue weighted by Crippen LogP contribution is -2.07. The molecule has 2 aromatic heterocycles. The van der Waals surface area contributed by atoms with E-state index in [-0.39, 0.29) is 11.8 Å². The average molecular weight is 434 g/mol. The molecule has 0 unspecified atom stereocenters. The van der Waals surface area contributed by atoms with Crippen molar-refractivity contribution < 1.29 is 14.2 Å². The molecule has 0 saturated carbocycles. The van der Waals surface area contributed by atoms with E-state index in [1.165, 1.54) is 0 Å². The van der Waals surface area contributed by atoms with Crippen molar-refractivity contribution in [2.45, 2.75) is 39.2 Å². The Morgan fingerprint density at radius 3 is 2.47 bits per heavy atom. The molecular formula is C21H28ClN5O3. The van der Waals surface area contributed by atoms with Crippen LogP contribution in [0.25, 0.3) is 11.2 Å². The number of alkyl halides is 1. The molecule has 0 spiro atoms. The van der Waals surface area contributed by atoms with Crippen LogP contribution < -0.4 is 19.9 Å². The molecule has 0 aliphatic rings. The normalized spacial score (nSPS) is 11.0. The van der Waals surface area contributed by atoms with Crippen molar-refractivity contribution in [2.75, 3.05) is 31.9 Å². The summed E-state index contributed by atoms with van der Waals surface area (Å²) in [6.45, 7) is 3.80. The number of benzene rings is 1. The van der Waals surface area contributed by atoms with Crippen LogP contribution in [0.15, 0.2) is 24.3 Å². The van der Waals surface area contributed by atoms with Crippen molar-refractivity contribution in [1.82, 2.24) is 19.5 Å². The highest BCUT2D eigenvalue weighted by molar-refractivity contribution is 6.17. The minimum atomic E-state index is 0.248. The summed E-state index contributed by atoms with van der Waals surface area (Å²) in [5, 5.41) is 0. The quantitative estimate of drug-likeness (QED) is 0.340. The lowest BCUT2D eigenvalue weighted by atomic mass is 10.2. The maximum atomic E-state index is 6.09. The van der Waals surface area contributed by atoms with Gasteiger partial charge in [0.25, 0.3) is 6.01 Å². The van der Waals surface area contributed by atoms with Gasteiger partial charge in [0.1, 0.15) is 5.75 Å². The average Bonchev–Trinajstić information content (AvgIpc) is 3.11. The number of halogens is 1. The predicted molar refractivity (Wildman–Crippen MR) is 118 cm³/mol.